The van der Waals surface area contributed by atoms with Crippen LogP contribution in [0.2, 0.25) is 0 Å². The molecular weight excluding hydrogens is 561 g/mol. The van der Waals surface area contributed by atoms with Crippen LogP contribution in [-0.2, 0) is 22.2 Å². The quantitative estimate of drug-likeness (QED) is 0.403. The number of amides is 1. The SMILES string of the molecule is CC1CN(c2cc(C(F)(F)F)ccc2CN2CCCC23CCN(C(=O)OC(C(F)(F)F)C(F)(F)F)CC3)CCO1. The Hall–Kier alpha value is -2.42. The van der Waals surface area contributed by atoms with Gasteiger partial charge >= 0.3 is 24.6 Å². The molecule has 0 N–H and O–H groups in total. The Labute approximate surface area is 225 Å². The number of anilines is 1. The normalized spacial score (nSPS) is 22.8. The van der Waals surface area contributed by atoms with E-state index in [0.29, 0.717) is 50.5 Å². The molecule has 3 aliphatic heterocycles. The van der Waals surface area contributed by atoms with Crippen molar-refractivity contribution in [1.29, 1.82) is 0 Å². The van der Waals surface area contributed by atoms with E-state index in [1.807, 2.05) is 11.8 Å². The van der Waals surface area contributed by atoms with Gasteiger partial charge in [-0.25, -0.2) is 4.79 Å². The van der Waals surface area contributed by atoms with E-state index in [1.54, 1.807) is 0 Å². The van der Waals surface area contributed by atoms with Crippen molar-refractivity contribution in [2.75, 3.05) is 44.2 Å². The molecule has 0 aromatic heterocycles. The van der Waals surface area contributed by atoms with Crippen molar-refractivity contribution in [3.05, 3.63) is 29.3 Å². The number of nitrogens with zero attached hydrogens (tertiary/aromatic N) is 3. The van der Waals surface area contributed by atoms with Crippen LogP contribution in [0.3, 0.4) is 0 Å². The molecule has 3 aliphatic rings. The number of rotatable bonds is 4. The summed E-state index contributed by atoms with van der Waals surface area (Å²) in [4.78, 5) is 17.0. The van der Waals surface area contributed by atoms with E-state index in [4.69, 9.17) is 4.74 Å². The van der Waals surface area contributed by atoms with Crippen LogP contribution in [0.1, 0.15) is 43.7 Å². The predicted molar refractivity (Wildman–Crippen MR) is 125 cm³/mol. The molecule has 226 valence electrons. The summed E-state index contributed by atoms with van der Waals surface area (Å²) < 4.78 is 127. The standard InChI is InChI=1S/C25H30F9N3O3/c1-16-14-36(11-12-39-16)19-13-18(23(26,27)28)4-3-17(19)15-37-8-2-5-22(37)6-9-35(10-7-22)21(38)40-20(24(29,30)31)25(32,33)34/h3-4,13,16,20H,2,5-12,14-15H2,1H3. The average Bonchev–Trinajstić information content (AvgIpc) is 3.22. The molecule has 3 saturated heterocycles. The van der Waals surface area contributed by atoms with Gasteiger partial charge in [-0.1, -0.05) is 6.07 Å². The maximum absolute atomic E-state index is 13.5. The van der Waals surface area contributed by atoms with Crippen LogP contribution in [-0.4, -0.2) is 85.3 Å². The van der Waals surface area contributed by atoms with Gasteiger partial charge < -0.3 is 19.3 Å². The van der Waals surface area contributed by atoms with Gasteiger partial charge in [0.1, 0.15) is 0 Å². The molecule has 3 heterocycles. The number of likely N-dealkylation sites (tertiary alicyclic amines) is 2. The lowest BCUT2D eigenvalue weighted by Crippen LogP contribution is -2.54. The first-order valence-electron chi connectivity index (χ1n) is 12.9. The zero-order valence-corrected chi connectivity index (χ0v) is 21.6. The Morgan fingerprint density at radius 1 is 1.00 bits per heavy atom. The fraction of sp³-hybridized carbons (Fsp3) is 0.720. The molecule has 0 radical (unpaired) electrons. The monoisotopic (exact) mass is 591 g/mol. The van der Waals surface area contributed by atoms with Crippen LogP contribution in [0.5, 0.6) is 0 Å². The van der Waals surface area contributed by atoms with Crippen LogP contribution < -0.4 is 4.90 Å². The molecule has 1 aromatic carbocycles. The summed E-state index contributed by atoms with van der Waals surface area (Å²) in [6, 6.07) is 3.61. The molecular formula is C25H30F9N3O3. The molecule has 40 heavy (non-hydrogen) atoms. The maximum Gasteiger partial charge on any atom is 0.434 e. The maximum atomic E-state index is 13.5. The Balaban J connectivity index is 1.48. The van der Waals surface area contributed by atoms with Gasteiger partial charge in [0.2, 0.25) is 0 Å². The van der Waals surface area contributed by atoms with Gasteiger partial charge in [-0.15, -0.1) is 0 Å². The van der Waals surface area contributed by atoms with Gasteiger partial charge in [-0.05, 0) is 56.8 Å². The van der Waals surface area contributed by atoms with Crippen molar-refractivity contribution in [2.45, 2.75) is 75.4 Å². The molecule has 1 amide bonds. The van der Waals surface area contributed by atoms with Crippen LogP contribution in [0.4, 0.5) is 50.0 Å². The van der Waals surface area contributed by atoms with E-state index in [0.717, 1.165) is 23.5 Å². The summed E-state index contributed by atoms with van der Waals surface area (Å²) in [5.41, 5.74) is -0.158. The Morgan fingerprint density at radius 2 is 1.65 bits per heavy atom. The number of benzene rings is 1. The predicted octanol–water partition coefficient (Wildman–Crippen LogP) is 5.99. The second-order valence-corrected chi connectivity index (χ2v) is 10.6. The Morgan fingerprint density at radius 3 is 2.23 bits per heavy atom. The Kier molecular flexibility index (Phi) is 8.48. The summed E-state index contributed by atoms with van der Waals surface area (Å²) in [6.07, 6.45) is -20.2. The second kappa shape index (κ2) is 11.1. The summed E-state index contributed by atoms with van der Waals surface area (Å²) in [7, 11) is 0. The zero-order valence-electron chi connectivity index (χ0n) is 21.6. The molecule has 0 saturated carbocycles. The number of hydrogen-bond acceptors (Lipinski definition) is 5. The van der Waals surface area contributed by atoms with Crippen LogP contribution >= 0.6 is 0 Å². The molecule has 1 spiro atoms. The third-order valence-corrected chi connectivity index (χ3v) is 7.86. The molecule has 0 bridgehead atoms. The minimum atomic E-state index is -5.80. The second-order valence-electron chi connectivity index (χ2n) is 10.6. The lowest BCUT2D eigenvalue weighted by Gasteiger charge is -2.45. The van der Waals surface area contributed by atoms with E-state index in [9.17, 15) is 44.3 Å². The minimum Gasteiger partial charge on any atom is -0.426 e. The molecule has 1 atom stereocenters. The highest BCUT2D eigenvalue weighted by Gasteiger charge is 2.60. The third kappa shape index (κ3) is 6.72. The minimum absolute atomic E-state index is 0.112. The van der Waals surface area contributed by atoms with Crippen molar-refractivity contribution < 1.29 is 53.8 Å². The summed E-state index contributed by atoms with van der Waals surface area (Å²) >= 11 is 0. The van der Waals surface area contributed by atoms with Crippen LogP contribution in [0, 0.1) is 0 Å². The molecule has 4 rings (SSSR count). The van der Waals surface area contributed by atoms with E-state index < -0.39 is 41.8 Å². The first-order chi connectivity index (χ1) is 18.5. The van der Waals surface area contributed by atoms with Gasteiger partial charge in [0, 0.05) is 44.0 Å². The van der Waals surface area contributed by atoms with Gasteiger partial charge in [-0.3, -0.25) is 4.90 Å². The molecule has 0 aliphatic carbocycles. The number of carbonyl (C=O) groups excluding carboxylic acids is 1. The number of ether oxygens (including phenoxy) is 2. The summed E-state index contributed by atoms with van der Waals surface area (Å²) in [5.74, 6) is 0. The molecule has 15 heteroatoms. The first-order valence-corrected chi connectivity index (χ1v) is 12.9. The number of halogens is 9. The van der Waals surface area contributed by atoms with Gasteiger partial charge in [0.15, 0.2) is 0 Å². The average molecular weight is 592 g/mol. The molecule has 1 unspecified atom stereocenters. The van der Waals surface area contributed by atoms with Crippen molar-refractivity contribution in [2.24, 2.45) is 0 Å². The number of carbonyl (C=O) groups is 1. The van der Waals surface area contributed by atoms with E-state index >= 15 is 0 Å². The lowest BCUT2D eigenvalue weighted by molar-refractivity contribution is -0.308. The van der Waals surface area contributed by atoms with Gasteiger partial charge in [0.25, 0.3) is 6.10 Å². The van der Waals surface area contributed by atoms with Crippen LogP contribution in [0.15, 0.2) is 18.2 Å². The zero-order chi connectivity index (χ0) is 29.5. The van der Waals surface area contributed by atoms with Gasteiger partial charge in [-0.2, -0.15) is 39.5 Å². The number of alkyl halides is 9. The summed E-state index contributed by atoms with van der Waals surface area (Å²) in [6.45, 7) is 3.70. The topological polar surface area (TPSA) is 45.2 Å². The fourth-order valence-electron chi connectivity index (χ4n) is 5.82. The smallest absolute Gasteiger partial charge is 0.426 e. The van der Waals surface area contributed by atoms with E-state index in [2.05, 4.69) is 9.64 Å². The number of hydrogen-bond donors (Lipinski definition) is 0. The third-order valence-electron chi connectivity index (χ3n) is 7.86. The van der Waals surface area contributed by atoms with Crippen molar-refractivity contribution >= 4 is 11.8 Å². The lowest BCUT2D eigenvalue weighted by atomic mass is 9.84. The number of piperidine rings is 1. The molecule has 1 aromatic rings. The van der Waals surface area contributed by atoms with Crippen molar-refractivity contribution in [3.63, 3.8) is 0 Å². The number of morpholine rings is 1. The Bertz CT molecular complexity index is 1040. The molecule has 3 fully saturated rings. The van der Waals surface area contributed by atoms with Crippen molar-refractivity contribution in [3.8, 4) is 0 Å². The fourth-order valence-corrected chi connectivity index (χ4v) is 5.82. The van der Waals surface area contributed by atoms with Crippen LogP contribution in [0.25, 0.3) is 0 Å². The van der Waals surface area contributed by atoms with E-state index in [1.165, 1.54) is 6.07 Å². The highest BCUT2D eigenvalue weighted by atomic mass is 19.4. The first kappa shape index (κ1) is 30.5. The van der Waals surface area contributed by atoms with Crippen molar-refractivity contribution in [1.82, 2.24) is 9.80 Å². The highest BCUT2D eigenvalue weighted by molar-refractivity contribution is 5.68. The van der Waals surface area contributed by atoms with Gasteiger partial charge in [0.05, 0.1) is 18.3 Å². The molecule has 6 nitrogen and oxygen atoms in total. The summed E-state index contributed by atoms with van der Waals surface area (Å²) in [5, 5.41) is 0. The highest BCUT2D eigenvalue weighted by Crippen LogP contribution is 2.42. The largest absolute Gasteiger partial charge is 0.434 e. The van der Waals surface area contributed by atoms with E-state index in [-0.39, 0.29) is 32.0 Å².